The molecule has 2 heterocycles. The average Bonchev–Trinajstić information content (AvgIpc) is 3.51. The monoisotopic (exact) mass is 572 g/mol. The third-order valence-electron chi connectivity index (χ3n) is 6.82. The standard InChI is InChI=1S/C32H32N2O6S/c1-5-39-25-17-21(11-14-24(25)40-16-15-19(2)3)28-27(29(35)20-9-7-6-8-10-20)30(36)31(37)34(28)32-33-23-13-12-22(38-4)18-26(23)41-32/h6-14,17-19,28,35H,5,15-16H2,1-4H3. The fraction of sp³-hybridized carbons (Fsp3) is 0.281. The van der Waals surface area contributed by atoms with Crippen LogP contribution in [0.4, 0.5) is 5.13 Å². The zero-order valence-electron chi connectivity index (χ0n) is 23.4. The molecule has 1 aliphatic heterocycles. The molecule has 1 unspecified atom stereocenters. The van der Waals surface area contributed by atoms with Crippen molar-refractivity contribution in [3.05, 3.63) is 83.4 Å². The highest BCUT2D eigenvalue weighted by Crippen LogP contribution is 2.46. The average molecular weight is 573 g/mol. The van der Waals surface area contributed by atoms with Crippen molar-refractivity contribution in [1.82, 2.24) is 4.98 Å². The smallest absolute Gasteiger partial charge is 0.301 e. The van der Waals surface area contributed by atoms with Gasteiger partial charge >= 0.3 is 5.91 Å². The van der Waals surface area contributed by atoms with Crippen molar-refractivity contribution < 1.29 is 28.9 Å². The zero-order chi connectivity index (χ0) is 29.1. The molecule has 41 heavy (non-hydrogen) atoms. The SMILES string of the molecule is CCOc1cc(C2C(=C(O)c3ccccc3)C(=O)C(=O)N2c2nc3ccc(OC)cc3s2)ccc1OCCC(C)C. The number of carbonyl (C=O) groups excluding carboxylic acids is 2. The molecule has 0 bridgehead atoms. The van der Waals surface area contributed by atoms with Gasteiger partial charge in [-0.2, -0.15) is 0 Å². The number of nitrogens with zero attached hydrogens (tertiary/aromatic N) is 2. The lowest BCUT2D eigenvalue weighted by molar-refractivity contribution is -0.132. The number of ether oxygens (including phenoxy) is 3. The van der Waals surface area contributed by atoms with Crippen molar-refractivity contribution in [1.29, 1.82) is 0 Å². The number of carbonyl (C=O) groups is 2. The molecule has 212 valence electrons. The van der Waals surface area contributed by atoms with E-state index in [1.165, 1.54) is 16.2 Å². The first-order valence-electron chi connectivity index (χ1n) is 13.5. The lowest BCUT2D eigenvalue weighted by Crippen LogP contribution is -2.29. The maximum absolute atomic E-state index is 13.6. The van der Waals surface area contributed by atoms with Gasteiger partial charge in [0.1, 0.15) is 11.5 Å². The number of aliphatic hydroxyl groups is 1. The summed E-state index contributed by atoms with van der Waals surface area (Å²) in [6, 6.07) is 18.6. The molecule has 1 aromatic heterocycles. The van der Waals surface area contributed by atoms with Crippen molar-refractivity contribution in [3.63, 3.8) is 0 Å². The zero-order valence-corrected chi connectivity index (χ0v) is 24.2. The van der Waals surface area contributed by atoms with Gasteiger partial charge in [0, 0.05) is 5.56 Å². The Labute approximate surface area is 242 Å². The van der Waals surface area contributed by atoms with Gasteiger partial charge in [0.2, 0.25) is 0 Å². The number of amides is 1. The Morgan fingerprint density at radius 2 is 1.80 bits per heavy atom. The summed E-state index contributed by atoms with van der Waals surface area (Å²) in [5, 5.41) is 11.7. The molecule has 5 rings (SSSR count). The van der Waals surface area contributed by atoms with Gasteiger partial charge in [-0.3, -0.25) is 14.5 Å². The number of fused-ring (bicyclic) bond motifs is 1. The number of benzene rings is 3. The number of aliphatic hydroxyl groups excluding tert-OH is 1. The van der Waals surface area contributed by atoms with Crippen molar-refractivity contribution in [3.8, 4) is 17.2 Å². The van der Waals surface area contributed by atoms with Crippen LogP contribution in [0.3, 0.4) is 0 Å². The van der Waals surface area contributed by atoms with E-state index in [0.29, 0.717) is 58.2 Å². The number of rotatable bonds is 10. The predicted molar refractivity (Wildman–Crippen MR) is 160 cm³/mol. The number of hydrogen-bond acceptors (Lipinski definition) is 8. The van der Waals surface area contributed by atoms with E-state index in [1.54, 1.807) is 61.7 Å². The number of ketones is 1. The lowest BCUT2D eigenvalue weighted by Gasteiger charge is -2.24. The summed E-state index contributed by atoms with van der Waals surface area (Å²) in [6.45, 7) is 7.06. The van der Waals surface area contributed by atoms with Gasteiger partial charge in [-0.25, -0.2) is 4.98 Å². The van der Waals surface area contributed by atoms with Crippen LogP contribution in [0.1, 0.15) is 44.4 Å². The number of hydrogen-bond donors (Lipinski definition) is 1. The van der Waals surface area contributed by atoms with Gasteiger partial charge < -0.3 is 19.3 Å². The Morgan fingerprint density at radius 3 is 2.51 bits per heavy atom. The fourth-order valence-corrected chi connectivity index (χ4v) is 5.73. The summed E-state index contributed by atoms with van der Waals surface area (Å²) in [6.07, 6.45) is 0.882. The van der Waals surface area contributed by atoms with E-state index in [2.05, 4.69) is 18.8 Å². The van der Waals surface area contributed by atoms with Crippen LogP contribution < -0.4 is 19.1 Å². The molecule has 4 aromatic rings. The van der Waals surface area contributed by atoms with Crippen molar-refractivity contribution in [2.75, 3.05) is 25.2 Å². The van der Waals surface area contributed by atoms with Crippen LogP contribution in [-0.4, -0.2) is 42.1 Å². The van der Waals surface area contributed by atoms with Crippen LogP contribution in [-0.2, 0) is 9.59 Å². The Morgan fingerprint density at radius 1 is 1.02 bits per heavy atom. The maximum Gasteiger partial charge on any atom is 0.301 e. The van der Waals surface area contributed by atoms with E-state index in [0.717, 1.165) is 11.1 Å². The second kappa shape index (κ2) is 12.0. The minimum absolute atomic E-state index is 0.0195. The summed E-state index contributed by atoms with van der Waals surface area (Å²) in [7, 11) is 1.58. The van der Waals surface area contributed by atoms with Crippen LogP contribution in [0.2, 0.25) is 0 Å². The minimum Gasteiger partial charge on any atom is -0.507 e. The molecule has 9 heteroatoms. The topological polar surface area (TPSA) is 98.2 Å². The molecule has 1 atom stereocenters. The van der Waals surface area contributed by atoms with E-state index < -0.39 is 17.7 Å². The fourth-order valence-electron chi connectivity index (χ4n) is 4.71. The van der Waals surface area contributed by atoms with E-state index in [1.807, 2.05) is 19.1 Å². The van der Waals surface area contributed by atoms with E-state index in [9.17, 15) is 14.7 Å². The number of Topliss-reactive ketones (excluding diaryl/α,β-unsaturated/α-hetero) is 1. The van der Waals surface area contributed by atoms with Crippen molar-refractivity contribution in [2.45, 2.75) is 33.2 Å². The summed E-state index contributed by atoms with van der Waals surface area (Å²) in [5.41, 5.74) is 1.66. The molecule has 0 spiro atoms. The predicted octanol–water partition coefficient (Wildman–Crippen LogP) is 6.75. The molecule has 1 fully saturated rings. The minimum atomic E-state index is -0.943. The van der Waals surface area contributed by atoms with Gasteiger partial charge in [-0.05, 0) is 55.2 Å². The van der Waals surface area contributed by atoms with Crippen LogP contribution in [0, 0.1) is 5.92 Å². The summed E-state index contributed by atoms with van der Waals surface area (Å²) in [5.74, 6) is 0.393. The van der Waals surface area contributed by atoms with Gasteiger partial charge in [-0.1, -0.05) is 61.6 Å². The molecule has 1 saturated heterocycles. The van der Waals surface area contributed by atoms with Gasteiger partial charge in [0.05, 0.1) is 42.2 Å². The van der Waals surface area contributed by atoms with Gasteiger partial charge in [-0.15, -0.1) is 0 Å². The molecule has 0 aliphatic carbocycles. The second-order valence-electron chi connectivity index (χ2n) is 10.0. The van der Waals surface area contributed by atoms with E-state index in [4.69, 9.17) is 14.2 Å². The molecule has 0 saturated carbocycles. The van der Waals surface area contributed by atoms with Crippen LogP contribution in [0.5, 0.6) is 17.2 Å². The van der Waals surface area contributed by atoms with Gasteiger partial charge in [0.25, 0.3) is 5.78 Å². The molecule has 1 amide bonds. The Balaban J connectivity index is 1.66. The second-order valence-corrected chi connectivity index (χ2v) is 11.0. The first-order valence-corrected chi connectivity index (χ1v) is 14.3. The largest absolute Gasteiger partial charge is 0.507 e. The lowest BCUT2D eigenvalue weighted by atomic mass is 9.95. The Bertz CT molecular complexity index is 1610. The molecular weight excluding hydrogens is 540 g/mol. The number of thiazole rings is 1. The molecule has 1 N–H and O–H groups in total. The van der Waals surface area contributed by atoms with Gasteiger partial charge in [0.15, 0.2) is 16.6 Å². The third-order valence-corrected chi connectivity index (χ3v) is 7.84. The summed E-state index contributed by atoms with van der Waals surface area (Å²) in [4.78, 5) is 33.3. The number of methoxy groups -OCH3 is 1. The molecule has 1 aliphatic rings. The van der Waals surface area contributed by atoms with Crippen LogP contribution >= 0.6 is 11.3 Å². The number of aromatic nitrogens is 1. The molecular formula is C32H32N2O6S. The quantitative estimate of drug-likeness (QED) is 0.127. The maximum atomic E-state index is 13.6. The summed E-state index contributed by atoms with van der Waals surface area (Å²) < 4.78 is 18.1. The normalized spacial score (nSPS) is 16.5. The molecule has 8 nitrogen and oxygen atoms in total. The third kappa shape index (κ3) is 5.63. The van der Waals surface area contributed by atoms with Crippen molar-refractivity contribution in [2.24, 2.45) is 5.92 Å². The Kier molecular flexibility index (Phi) is 8.26. The first kappa shape index (κ1) is 28.2. The van der Waals surface area contributed by atoms with Crippen LogP contribution in [0.25, 0.3) is 16.0 Å². The highest BCUT2D eigenvalue weighted by atomic mass is 32.1. The number of anilines is 1. The molecule has 3 aromatic carbocycles. The highest BCUT2D eigenvalue weighted by Gasteiger charge is 2.48. The van der Waals surface area contributed by atoms with E-state index >= 15 is 0 Å². The van der Waals surface area contributed by atoms with Crippen molar-refractivity contribution >= 4 is 44.1 Å². The molecule has 0 radical (unpaired) electrons. The van der Waals surface area contributed by atoms with Crippen LogP contribution in [0.15, 0.2) is 72.3 Å². The van der Waals surface area contributed by atoms with E-state index in [-0.39, 0.29) is 11.3 Å². The first-order chi connectivity index (χ1) is 19.8. The Hall–Kier alpha value is -4.37. The highest BCUT2D eigenvalue weighted by molar-refractivity contribution is 7.22. The summed E-state index contributed by atoms with van der Waals surface area (Å²) >= 11 is 1.27.